The van der Waals surface area contributed by atoms with Gasteiger partial charge in [0, 0.05) is 17.4 Å². The van der Waals surface area contributed by atoms with Crippen LogP contribution < -0.4 is 5.56 Å². The Labute approximate surface area is 141 Å². The van der Waals surface area contributed by atoms with Crippen molar-refractivity contribution in [2.45, 2.75) is 6.54 Å². The first-order valence-electron chi connectivity index (χ1n) is 7.08. The van der Waals surface area contributed by atoms with Gasteiger partial charge in [-0.05, 0) is 35.2 Å². The number of aromatic nitrogens is 3. The van der Waals surface area contributed by atoms with Crippen LogP contribution in [-0.4, -0.2) is 14.2 Å². The zero-order valence-corrected chi connectivity index (χ0v) is 13.6. The van der Waals surface area contributed by atoms with Gasteiger partial charge in [-0.15, -0.1) is 11.3 Å². The Morgan fingerprint density at radius 1 is 1.13 bits per heavy atom. The molecule has 3 heterocycles. The number of hydrogen-bond donors (Lipinski definition) is 0. The summed E-state index contributed by atoms with van der Waals surface area (Å²) in [6.45, 7) is 0.506. The van der Waals surface area contributed by atoms with Crippen molar-refractivity contribution >= 4 is 28.5 Å². The minimum absolute atomic E-state index is 0.0576. The topological polar surface area (TPSA) is 39.3 Å². The molecule has 114 valence electrons. The number of nitrogens with zero attached hydrogens (tertiary/aromatic N) is 3. The van der Waals surface area contributed by atoms with E-state index in [0.29, 0.717) is 17.1 Å². The van der Waals surface area contributed by atoms with Crippen LogP contribution in [0.25, 0.3) is 16.1 Å². The summed E-state index contributed by atoms with van der Waals surface area (Å²) in [5, 5.41) is 7.16. The van der Waals surface area contributed by atoms with Gasteiger partial charge in [0.05, 0.1) is 11.4 Å². The lowest BCUT2D eigenvalue weighted by molar-refractivity contribution is 0.743. The van der Waals surface area contributed by atoms with Crippen LogP contribution >= 0.6 is 22.9 Å². The number of thiophene rings is 1. The summed E-state index contributed by atoms with van der Waals surface area (Å²) in [4.78, 5) is 13.7. The zero-order chi connectivity index (χ0) is 15.8. The molecule has 0 fully saturated rings. The molecule has 23 heavy (non-hydrogen) atoms. The summed E-state index contributed by atoms with van der Waals surface area (Å²) >= 11 is 7.50. The Kier molecular flexibility index (Phi) is 3.52. The van der Waals surface area contributed by atoms with Crippen molar-refractivity contribution in [3.8, 4) is 10.6 Å². The molecular weight excluding hydrogens is 330 g/mol. The third-order valence-electron chi connectivity index (χ3n) is 3.64. The van der Waals surface area contributed by atoms with Crippen molar-refractivity contribution in [1.82, 2.24) is 14.2 Å². The SMILES string of the molecule is O=c1c2cc(-c3cccs3)nn2ccn1Cc1ccc(Cl)cc1. The van der Waals surface area contributed by atoms with Crippen LogP contribution in [0.4, 0.5) is 0 Å². The maximum Gasteiger partial charge on any atom is 0.276 e. The van der Waals surface area contributed by atoms with Gasteiger partial charge in [-0.25, -0.2) is 4.52 Å². The molecule has 0 spiro atoms. The number of halogens is 1. The monoisotopic (exact) mass is 341 g/mol. The van der Waals surface area contributed by atoms with E-state index in [1.54, 1.807) is 26.6 Å². The quantitative estimate of drug-likeness (QED) is 0.566. The Morgan fingerprint density at radius 3 is 2.70 bits per heavy atom. The smallest absolute Gasteiger partial charge is 0.276 e. The second kappa shape index (κ2) is 5.68. The fourth-order valence-corrected chi connectivity index (χ4v) is 3.29. The molecule has 0 saturated heterocycles. The van der Waals surface area contributed by atoms with E-state index in [2.05, 4.69) is 5.10 Å². The highest BCUT2D eigenvalue weighted by Gasteiger charge is 2.10. The Bertz CT molecular complexity index is 1020. The van der Waals surface area contributed by atoms with Gasteiger partial charge < -0.3 is 4.57 Å². The highest BCUT2D eigenvalue weighted by atomic mass is 35.5. The van der Waals surface area contributed by atoms with E-state index in [9.17, 15) is 4.79 Å². The highest BCUT2D eigenvalue weighted by Crippen LogP contribution is 2.23. The van der Waals surface area contributed by atoms with Crippen molar-refractivity contribution in [3.63, 3.8) is 0 Å². The highest BCUT2D eigenvalue weighted by molar-refractivity contribution is 7.13. The van der Waals surface area contributed by atoms with E-state index < -0.39 is 0 Å². The number of benzene rings is 1. The minimum atomic E-state index is -0.0576. The van der Waals surface area contributed by atoms with Crippen LogP contribution in [0.3, 0.4) is 0 Å². The Morgan fingerprint density at radius 2 is 1.96 bits per heavy atom. The first-order valence-corrected chi connectivity index (χ1v) is 8.33. The van der Waals surface area contributed by atoms with Gasteiger partial charge in [0.25, 0.3) is 5.56 Å². The standard InChI is InChI=1S/C17H12ClN3OS/c18-13-5-3-12(4-6-13)11-20-7-8-21-15(17(20)22)10-14(19-21)16-2-1-9-23-16/h1-10H,11H2. The van der Waals surface area contributed by atoms with Gasteiger partial charge in [-0.1, -0.05) is 29.8 Å². The van der Waals surface area contributed by atoms with Gasteiger partial charge in [0.1, 0.15) is 11.2 Å². The minimum Gasteiger partial charge on any atom is -0.308 e. The third-order valence-corrected chi connectivity index (χ3v) is 4.79. The Balaban J connectivity index is 1.75. The Hall–Kier alpha value is -2.37. The van der Waals surface area contributed by atoms with Gasteiger partial charge in [0.15, 0.2) is 0 Å². The molecule has 0 N–H and O–H groups in total. The van der Waals surface area contributed by atoms with Crippen LogP contribution in [-0.2, 0) is 6.54 Å². The lowest BCUT2D eigenvalue weighted by Crippen LogP contribution is -2.21. The maximum atomic E-state index is 12.7. The molecule has 0 aliphatic rings. The van der Waals surface area contributed by atoms with E-state index in [0.717, 1.165) is 16.1 Å². The zero-order valence-electron chi connectivity index (χ0n) is 12.0. The molecule has 0 aliphatic heterocycles. The van der Waals surface area contributed by atoms with Crippen LogP contribution in [0.5, 0.6) is 0 Å². The van der Waals surface area contributed by atoms with Gasteiger partial charge in [-0.3, -0.25) is 4.79 Å². The van der Waals surface area contributed by atoms with Crippen molar-refractivity contribution in [3.05, 3.63) is 81.2 Å². The molecule has 6 heteroatoms. The van der Waals surface area contributed by atoms with Crippen LogP contribution in [0.15, 0.2) is 65.0 Å². The van der Waals surface area contributed by atoms with Gasteiger partial charge in [-0.2, -0.15) is 5.10 Å². The van der Waals surface area contributed by atoms with E-state index in [1.807, 2.05) is 54.0 Å². The lowest BCUT2D eigenvalue weighted by Gasteiger charge is -2.06. The average molecular weight is 342 g/mol. The molecule has 0 unspecified atom stereocenters. The fourth-order valence-electron chi connectivity index (χ4n) is 2.48. The first kappa shape index (κ1) is 14.2. The molecule has 3 aromatic heterocycles. The van der Waals surface area contributed by atoms with E-state index >= 15 is 0 Å². The molecule has 4 rings (SSSR count). The molecule has 0 radical (unpaired) electrons. The second-order valence-corrected chi connectivity index (χ2v) is 6.58. The van der Waals surface area contributed by atoms with E-state index in [4.69, 9.17) is 11.6 Å². The van der Waals surface area contributed by atoms with Crippen LogP contribution in [0.2, 0.25) is 5.02 Å². The normalized spacial score (nSPS) is 11.2. The number of fused-ring (bicyclic) bond motifs is 1. The number of hydrogen-bond acceptors (Lipinski definition) is 3. The summed E-state index contributed by atoms with van der Waals surface area (Å²) in [6.07, 6.45) is 3.57. The molecule has 0 amide bonds. The van der Waals surface area contributed by atoms with E-state index in [1.165, 1.54) is 0 Å². The second-order valence-electron chi connectivity index (χ2n) is 5.19. The molecule has 4 nitrogen and oxygen atoms in total. The lowest BCUT2D eigenvalue weighted by atomic mass is 10.2. The molecular formula is C17H12ClN3OS. The predicted octanol–water partition coefficient (Wildman–Crippen LogP) is 3.93. The maximum absolute atomic E-state index is 12.7. The molecule has 0 bridgehead atoms. The van der Waals surface area contributed by atoms with Crippen molar-refractivity contribution in [1.29, 1.82) is 0 Å². The third kappa shape index (κ3) is 2.69. The van der Waals surface area contributed by atoms with Gasteiger partial charge >= 0.3 is 0 Å². The summed E-state index contributed by atoms with van der Waals surface area (Å²) in [5.41, 5.74) is 2.36. The molecule has 4 aromatic rings. The largest absolute Gasteiger partial charge is 0.308 e. The predicted molar refractivity (Wildman–Crippen MR) is 93.3 cm³/mol. The first-order chi connectivity index (χ1) is 11.2. The molecule has 0 saturated carbocycles. The number of rotatable bonds is 3. The van der Waals surface area contributed by atoms with Crippen LogP contribution in [0, 0.1) is 0 Å². The van der Waals surface area contributed by atoms with Crippen LogP contribution in [0.1, 0.15) is 5.56 Å². The molecule has 0 aliphatic carbocycles. The summed E-state index contributed by atoms with van der Waals surface area (Å²) in [6, 6.07) is 13.3. The summed E-state index contributed by atoms with van der Waals surface area (Å²) in [5.74, 6) is 0. The summed E-state index contributed by atoms with van der Waals surface area (Å²) in [7, 11) is 0. The fraction of sp³-hybridized carbons (Fsp3) is 0.0588. The average Bonchev–Trinajstić information content (AvgIpc) is 3.21. The van der Waals surface area contributed by atoms with E-state index in [-0.39, 0.29) is 5.56 Å². The van der Waals surface area contributed by atoms with Crippen molar-refractivity contribution < 1.29 is 0 Å². The van der Waals surface area contributed by atoms with Gasteiger partial charge in [0.2, 0.25) is 0 Å². The van der Waals surface area contributed by atoms with Crippen molar-refractivity contribution in [2.24, 2.45) is 0 Å². The summed E-state index contributed by atoms with van der Waals surface area (Å²) < 4.78 is 3.31. The van der Waals surface area contributed by atoms with Crippen molar-refractivity contribution in [2.75, 3.05) is 0 Å². The molecule has 0 atom stereocenters. The molecule has 1 aromatic carbocycles.